The predicted octanol–water partition coefficient (Wildman–Crippen LogP) is 0.467. The summed E-state index contributed by atoms with van der Waals surface area (Å²) in [6.45, 7) is -0.0276. The molecule has 10 heteroatoms. The normalized spacial score (nSPS) is 11.5. The molecule has 0 aromatic carbocycles. The predicted molar refractivity (Wildman–Crippen MR) is 91.7 cm³/mol. The van der Waals surface area contributed by atoms with Gasteiger partial charge in [0.15, 0.2) is 0 Å². The first kappa shape index (κ1) is 14.8. The number of aromatic nitrogens is 4. The molecule has 0 bridgehead atoms. The van der Waals surface area contributed by atoms with E-state index in [2.05, 4.69) is 5.10 Å². The molecular formula is C14H11N5O3S2. The molecule has 4 aromatic rings. The van der Waals surface area contributed by atoms with Crippen LogP contribution in [-0.2, 0) is 17.9 Å². The van der Waals surface area contributed by atoms with Gasteiger partial charge in [-0.2, -0.15) is 0 Å². The minimum Gasteiger partial charge on any atom is -0.368 e. The van der Waals surface area contributed by atoms with Crippen LogP contribution >= 0.6 is 22.7 Å². The van der Waals surface area contributed by atoms with Gasteiger partial charge in [-0.05, 0) is 22.9 Å². The number of primary amides is 1. The van der Waals surface area contributed by atoms with Gasteiger partial charge in [0, 0.05) is 4.88 Å². The Morgan fingerprint density at radius 3 is 2.75 bits per heavy atom. The largest absolute Gasteiger partial charge is 0.368 e. The first-order valence-corrected chi connectivity index (χ1v) is 8.72. The van der Waals surface area contributed by atoms with Crippen LogP contribution in [0.1, 0.15) is 4.88 Å². The number of nitrogens with two attached hydrogens (primary N) is 1. The number of rotatable bonds is 4. The maximum atomic E-state index is 12.8. The Balaban J connectivity index is 2.08. The zero-order valence-electron chi connectivity index (χ0n) is 12.2. The Labute approximate surface area is 142 Å². The van der Waals surface area contributed by atoms with Crippen LogP contribution in [0.4, 0.5) is 0 Å². The number of hydrogen-bond acceptors (Lipinski definition) is 6. The SMILES string of the molecule is NC(=O)Cn1nc2n(Cc3cccs3)c(=O)c3sccc3n2c1=O. The van der Waals surface area contributed by atoms with E-state index in [0.29, 0.717) is 16.8 Å². The Kier molecular flexibility index (Phi) is 3.36. The van der Waals surface area contributed by atoms with Gasteiger partial charge in [-0.1, -0.05) is 6.07 Å². The fourth-order valence-electron chi connectivity index (χ4n) is 2.59. The molecule has 0 radical (unpaired) electrons. The number of amides is 1. The van der Waals surface area contributed by atoms with Crippen molar-refractivity contribution in [2.75, 3.05) is 0 Å². The molecule has 4 heterocycles. The van der Waals surface area contributed by atoms with E-state index in [1.807, 2.05) is 17.5 Å². The van der Waals surface area contributed by atoms with Gasteiger partial charge in [0.2, 0.25) is 11.7 Å². The van der Waals surface area contributed by atoms with Gasteiger partial charge >= 0.3 is 5.69 Å². The van der Waals surface area contributed by atoms with Gasteiger partial charge in [-0.15, -0.1) is 27.8 Å². The Morgan fingerprint density at radius 2 is 2.04 bits per heavy atom. The van der Waals surface area contributed by atoms with Crippen molar-refractivity contribution in [2.24, 2.45) is 5.73 Å². The minimum atomic E-state index is -0.672. The fraction of sp³-hybridized carbons (Fsp3) is 0.143. The number of carbonyl (C=O) groups is 1. The molecule has 24 heavy (non-hydrogen) atoms. The van der Waals surface area contributed by atoms with Crippen molar-refractivity contribution in [3.8, 4) is 0 Å². The number of thiophene rings is 2. The lowest BCUT2D eigenvalue weighted by atomic mass is 10.4. The van der Waals surface area contributed by atoms with Crippen LogP contribution in [0.2, 0.25) is 0 Å². The summed E-state index contributed by atoms with van der Waals surface area (Å²) in [5.41, 5.74) is 4.96. The van der Waals surface area contributed by atoms with Gasteiger partial charge < -0.3 is 5.73 Å². The maximum Gasteiger partial charge on any atom is 0.352 e. The molecule has 0 atom stereocenters. The van der Waals surface area contributed by atoms with E-state index in [4.69, 9.17) is 5.73 Å². The van der Waals surface area contributed by atoms with Gasteiger partial charge in [0.1, 0.15) is 11.2 Å². The third-order valence-corrected chi connectivity index (χ3v) is 5.34. The van der Waals surface area contributed by atoms with Crippen LogP contribution in [-0.4, -0.2) is 24.7 Å². The van der Waals surface area contributed by atoms with Gasteiger partial charge in [0.25, 0.3) is 5.56 Å². The van der Waals surface area contributed by atoms with Crippen LogP contribution in [0.3, 0.4) is 0 Å². The lowest BCUT2D eigenvalue weighted by Gasteiger charge is -2.06. The van der Waals surface area contributed by atoms with Crippen LogP contribution in [0.5, 0.6) is 0 Å². The molecule has 4 aromatic heterocycles. The molecule has 8 nitrogen and oxygen atoms in total. The summed E-state index contributed by atoms with van der Waals surface area (Å²) in [6.07, 6.45) is 0. The second kappa shape index (κ2) is 5.42. The summed E-state index contributed by atoms with van der Waals surface area (Å²) in [6, 6.07) is 5.50. The highest BCUT2D eigenvalue weighted by molar-refractivity contribution is 7.17. The number of fused-ring (bicyclic) bond motifs is 3. The molecule has 0 spiro atoms. The van der Waals surface area contributed by atoms with Gasteiger partial charge in [-0.25, -0.2) is 13.9 Å². The van der Waals surface area contributed by atoms with Crippen molar-refractivity contribution in [2.45, 2.75) is 13.1 Å². The standard InChI is InChI=1S/C14H11N5O3S2/c15-10(20)7-18-14(22)19-9-3-5-24-11(9)12(21)17(13(19)16-18)6-8-2-1-4-23-8/h1-5H,6-7H2,(H2,15,20). The third-order valence-electron chi connectivity index (χ3n) is 3.59. The van der Waals surface area contributed by atoms with E-state index < -0.39 is 11.6 Å². The average molecular weight is 361 g/mol. The molecule has 1 amide bonds. The van der Waals surface area contributed by atoms with E-state index in [-0.39, 0.29) is 17.9 Å². The summed E-state index contributed by atoms with van der Waals surface area (Å²) < 4.78 is 4.26. The average Bonchev–Trinajstić information content (AvgIpc) is 3.24. The topological polar surface area (TPSA) is 104 Å². The lowest BCUT2D eigenvalue weighted by molar-refractivity contribution is -0.118. The van der Waals surface area contributed by atoms with E-state index in [9.17, 15) is 14.4 Å². The zero-order valence-corrected chi connectivity index (χ0v) is 13.8. The summed E-state index contributed by atoms with van der Waals surface area (Å²) in [5.74, 6) is -0.472. The Hall–Kier alpha value is -2.72. The monoisotopic (exact) mass is 361 g/mol. The molecule has 4 rings (SSSR count). The number of hydrogen-bond donors (Lipinski definition) is 1. The molecular weight excluding hydrogens is 350 g/mol. The quantitative estimate of drug-likeness (QED) is 0.570. The summed E-state index contributed by atoms with van der Waals surface area (Å²) in [7, 11) is 0. The van der Waals surface area contributed by atoms with Crippen molar-refractivity contribution in [1.29, 1.82) is 0 Å². The second-order valence-corrected chi connectivity index (χ2v) is 7.10. The highest BCUT2D eigenvalue weighted by Gasteiger charge is 2.19. The first-order chi connectivity index (χ1) is 11.6. The lowest BCUT2D eigenvalue weighted by Crippen LogP contribution is -2.29. The number of nitrogens with zero attached hydrogens (tertiary/aromatic N) is 4. The zero-order chi connectivity index (χ0) is 16.8. The molecule has 0 aliphatic carbocycles. The van der Waals surface area contributed by atoms with Crippen molar-refractivity contribution < 1.29 is 4.79 Å². The first-order valence-electron chi connectivity index (χ1n) is 6.96. The summed E-state index contributed by atoms with van der Waals surface area (Å²) in [5, 5.41) is 7.83. The summed E-state index contributed by atoms with van der Waals surface area (Å²) >= 11 is 2.78. The molecule has 0 saturated carbocycles. The molecule has 0 aliphatic heterocycles. The minimum absolute atomic E-state index is 0.200. The third kappa shape index (κ3) is 2.19. The maximum absolute atomic E-state index is 12.8. The number of carbonyl (C=O) groups excluding carboxylic acids is 1. The Bertz CT molecular complexity index is 1180. The molecule has 0 aliphatic rings. The van der Waals surface area contributed by atoms with Gasteiger partial charge in [0.05, 0.1) is 12.1 Å². The van der Waals surface area contributed by atoms with E-state index in [1.165, 1.54) is 31.6 Å². The molecule has 122 valence electrons. The van der Waals surface area contributed by atoms with Crippen LogP contribution < -0.4 is 17.0 Å². The smallest absolute Gasteiger partial charge is 0.352 e. The molecule has 2 N–H and O–H groups in total. The van der Waals surface area contributed by atoms with Crippen molar-refractivity contribution in [3.63, 3.8) is 0 Å². The molecule has 0 saturated heterocycles. The van der Waals surface area contributed by atoms with E-state index in [0.717, 1.165) is 9.56 Å². The second-order valence-electron chi connectivity index (χ2n) is 5.15. The highest BCUT2D eigenvalue weighted by atomic mass is 32.1. The van der Waals surface area contributed by atoms with E-state index >= 15 is 0 Å². The van der Waals surface area contributed by atoms with E-state index in [1.54, 1.807) is 11.4 Å². The van der Waals surface area contributed by atoms with Crippen molar-refractivity contribution in [3.05, 3.63) is 54.7 Å². The van der Waals surface area contributed by atoms with Crippen molar-refractivity contribution in [1.82, 2.24) is 18.7 Å². The van der Waals surface area contributed by atoms with Crippen LogP contribution in [0, 0.1) is 0 Å². The van der Waals surface area contributed by atoms with Crippen LogP contribution in [0.15, 0.2) is 38.5 Å². The Morgan fingerprint density at radius 1 is 1.21 bits per heavy atom. The van der Waals surface area contributed by atoms with Crippen LogP contribution in [0.25, 0.3) is 16.0 Å². The highest BCUT2D eigenvalue weighted by Crippen LogP contribution is 2.18. The summed E-state index contributed by atoms with van der Waals surface area (Å²) in [4.78, 5) is 37.5. The molecule has 0 fully saturated rings. The van der Waals surface area contributed by atoms with Gasteiger partial charge in [-0.3, -0.25) is 14.2 Å². The molecule has 0 unspecified atom stereocenters. The van der Waals surface area contributed by atoms with Crippen molar-refractivity contribution >= 4 is 44.6 Å². The fourth-order valence-corrected chi connectivity index (χ4v) is 4.10.